The van der Waals surface area contributed by atoms with E-state index < -0.39 is 11.9 Å². The van der Waals surface area contributed by atoms with E-state index in [1.54, 1.807) is 6.92 Å². The number of likely N-dealkylation sites (N-methyl/N-ethyl adjacent to an activating group) is 1. The van der Waals surface area contributed by atoms with Crippen LogP contribution in [0.2, 0.25) is 0 Å². The topological polar surface area (TPSA) is 79.6 Å². The van der Waals surface area contributed by atoms with E-state index in [-0.39, 0.29) is 18.0 Å². The summed E-state index contributed by atoms with van der Waals surface area (Å²) >= 11 is 1.08. The minimum atomic E-state index is -1.08. The number of nitrogens with zero attached hydrogens (tertiary/aromatic N) is 2. The molecular formula is C10H14N2O4S. The quantitative estimate of drug-likeness (QED) is 0.828. The lowest BCUT2D eigenvalue weighted by molar-refractivity contribution is -0.143. The van der Waals surface area contributed by atoms with Crippen molar-refractivity contribution in [1.29, 1.82) is 0 Å². The van der Waals surface area contributed by atoms with E-state index in [1.165, 1.54) is 11.6 Å². The third-order valence-corrected chi connectivity index (χ3v) is 3.46. The first-order chi connectivity index (χ1) is 7.82. The molecule has 0 spiro atoms. The van der Waals surface area contributed by atoms with Crippen LogP contribution in [0, 0.1) is 13.8 Å². The number of hydrogen-bond acceptors (Lipinski definition) is 4. The highest BCUT2D eigenvalue weighted by atomic mass is 32.1. The van der Waals surface area contributed by atoms with Gasteiger partial charge in [-0.2, -0.15) is 0 Å². The minimum absolute atomic E-state index is 0.112. The van der Waals surface area contributed by atoms with Crippen molar-refractivity contribution in [2.75, 3.05) is 13.6 Å². The Bertz CT molecular complexity index is 503. The Morgan fingerprint density at radius 2 is 2.00 bits per heavy atom. The number of thiazole rings is 1. The smallest absolute Gasteiger partial charge is 0.323 e. The summed E-state index contributed by atoms with van der Waals surface area (Å²) in [6, 6.07) is 0. The van der Waals surface area contributed by atoms with Crippen molar-refractivity contribution in [1.82, 2.24) is 9.47 Å². The Balaban J connectivity index is 2.81. The highest BCUT2D eigenvalue weighted by Crippen LogP contribution is 2.09. The molecule has 7 heteroatoms. The summed E-state index contributed by atoms with van der Waals surface area (Å²) in [7, 11) is 1.40. The molecule has 6 nitrogen and oxygen atoms in total. The second kappa shape index (κ2) is 5.13. The fourth-order valence-electron chi connectivity index (χ4n) is 1.32. The van der Waals surface area contributed by atoms with Crippen molar-refractivity contribution < 1.29 is 14.7 Å². The molecule has 0 aliphatic carbocycles. The third kappa shape index (κ3) is 3.16. The van der Waals surface area contributed by atoms with Crippen LogP contribution >= 0.6 is 11.3 Å². The van der Waals surface area contributed by atoms with Gasteiger partial charge in [-0.3, -0.25) is 19.0 Å². The predicted octanol–water partition coefficient (Wildman–Crippen LogP) is 0.0696. The number of carbonyl (C=O) groups excluding carboxylic acids is 1. The van der Waals surface area contributed by atoms with Gasteiger partial charge in [0, 0.05) is 17.6 Å². The fourth-order valence-corrected chi connectivity index (χ4v) is 2.15. The molecule has 0 aromatic carbocycles. The zero-order valence-electron chi connectivity index (χ0n) is 9.89. The number of carbonyl (C=O) groups is 2. The molecule has 94 valence electrons. The molecule has 17 heavy (non-hydrogen) atoms. The van der Waals surface area contributed by atoms with Crippen LogP contribution in [0.3, 0.4) is 0 Å². The van der Waals surface area contributed by atoms with E-state index in [9.17, 15) is 14.4 Å². The molecule has 0 aliphatic rings. The predicted molar refractivity (Wildman–Crippen MR) is 63.3 cm³/mol. The van der Waals surface area contributed by atoms with E-state index in [2.05, 4.69) is 0 Å². The molecule has 1 N–H and O–H groups in total. The molecule has 0 atom stereocenters. The molecule has 1 aromatic rings. The number of aromatic nitrogens is 1. The molecule has 0 saturated heterocycles. The number of carboxylic acid groups (broad SMARTS) is 1. The van der Waals surface area contributed by atoms with Crippen LogP contribution in [0.4, 0.5) is 0 Å². The zero-order valence-corrected chi connectivity index (χ0v) is 10.7. The van der Waals surface area contributed by atoms with E-state index in [4.69, 9.17) is 5.11 Å². The second-order valence-corrected chi connectivity index (χ2v) is 4.90. The highest BCUT2D eigenvalue weighted by molar-refractivity contribution is 7.09. The molecule has 0 radical (unpaired) electrons. The normalized spacial score (nSPS) is 10.3. The molecule has 0 unspecified atom stereocenters. The average molecular weight is 258 g/mol. The largest absolute Gasteiger partial charge is 0.480 e. The maximum absolute atomic E-state index is 11.7. The number of rotatable bonds is 4. The van der Waals surface area contributed by atoms with Crippen molar-refractivity contribution in [2.24, 2.45) is 0 Å². The summed E-state index contributed by atoms with van der Waals surface area (Å²) in [6.07, 6.45) is 0. The first-order valence-electron chi connectivity index (χ1n) is 4.95. The average Bonchev–Trinajstić information content (AvgIpc) is 2.44. The van der Waals surface area contributed by atoms with Gasteiger partial charge in [0.2, 0.25) is 5.91 Å². The van der Waals surface area contributed by atoms with Crippen molar-refractivity contribution >= 4 is 23.2 Å². The molecule has 0 aliphatic heterocycles. The van der Waals surface area contributed by atoms with E-state index in [0.717, 1.165) is 26.8 Å². The Morgan fingerprint density at radius 1 is 1.41 bits per heavy atom. The van der Waals surface area contributed by atoms with Crippen LogP contribution in [0.15, 0.2) is 4.79 Å². The standard InChI is InChI=1S/C10H14N2O4S/c1-6-7(2)17-10(16)12(6)4-8(13)11(3)5-9(14)15/h4-5H2,1-3H3,(H,14,15). The second-order valence-electron chi connectivity index (χ2n) is 3.74. The Hall–Kier alpha value is -1.63. The molecule has 1 aromatic heterocycles. The first-order valence-corrected chi connectivity index (χ1v) is 5.77. The minimum Gasteiger partial charge on any atom is -0.480 e. The first kappa shape index (κ1) is 13.4. The number of aryl methyl sites for hydroxylation is 1. The van der Waals surface area contributed by atoms with Gasteiger partial charge in [-0.15, -0.1) is 0 Å². The van der Waals surface area contributed by atoms with Gasteiger partial charge in [0.15, 0.2) is 0 Å². The molecule has 0 bridgehead atoms. The molecule has 1 heterocycles. The summed E-state index contributed by atoms with van der Waals surface area (Å²) < 4.78 is 1.36. The summed E-state index contributed by atoms with van der Waals surface area (Å²) in [5, 5.41) is 8.55. The summed E-state index contributed by atoms with van der Waals surface area (Å²) in [5.41, 5.74) is 0.747. The SMILES string of the molecule is Cc1sc(=O)n(CC(=O)N(C)CC(=O)O)c1C. The summed E-state index contributed by atoms with van der Waals surface area (Å²) in [4.78, 5) is 35.4. The molecular weight excluding hydrogens is 244 g/mol. The van der Waals surface area contributed by atoms with Gasteiger partial charge >= 0.3 is 10.8 Å². The van der Waals surface area contributed by atoms with Crippen LogP contribution in [0.25, 0.3) is 0 Å². The van der Waals surface area contributed by atoms with Gasteiger partial charge in [-0.1, -0.05) is 11.3 Å². The van der Waals surface area contributed by atoms with Gasteiger partial charge in [-0.05, 0) is 13.8 Å². The van der Waals surface area contributed by atoms with Crippen LogP contribution < -0.4 is 4.87 Å². The van der Waals surface area contributed by atoms with Gasteiger partial charge in [0.25, 0.3) is 0 Å². The lowest BCUT2D eigenvalue weighted by atomic mass is 10.4. The maximum atomic E-state index is 11.7. The van der Waals surface area contributed by atoms with Gasteiger partial charge in [0.1, 0.15) is 13.1 Å². The fraction of sp³-hybridized carbons (Fsp3) is 0.500. The van der Waals surface area contributed by atoms with Crippen LogP contribution in [-0.2, 0) is 16.1 Å². The lowest BCUT2D eigenvalue weighted by Crippen LogP contribution is -2.36. The van der Waals surface area contributed by atoms with Gasteiger partial charge in [0.05, 0.1) is 0 Å². The molecule has 1 amide bonds. The van der Waals surface area contributed by atoms with Crippen molar-refractivity contribution in [3.63, 3.8) is 0 Å². The van der Waals surface area contributed by atoms with E-state index in [1.807, 2.05) is 6.92 Å². The highest BCUT2D eigenvalue weighted by Gasteiger charge is 2.16. The molecule has 1 rings (SSSR count). The van der Waals surface area contributed by atoms with E-state index >= 15 is 0 Å². The Morgan fingerprint density at radius 3 is 2.41 bits per heavy atom. The van der Waals surface area contributed by atoms with E-state index in [0.29, 0.717) is 0 Å². The van der Waals surface area contributed by atoms with Crippen LogP contribution in [-0.4, -0.2) is 40.0 Å². The van der Waals surface area contributed by atoms with Gasteiger partial charge in [-0.25, -0.2) is 0 Å². The van der Waals surface area contributed by atoms with Crippen LogP contribution in [0.1, 0.15) is 10.6 Å². The summed E-state index contributed by atoms with van der Waals surface area (Å²) in [5.74, 6) is -1.47. The Kier molecular flexibility index (Phi) is 4.06. The third-order valence-electron chi connectivity index (χ3n) is 2.47. The van der Waals surface area contributed by atoms with Crippen LogP contribution in [0.5, 0.6) is 0 Å². The number of aliphatic carboxylic acids is 1. The Labute approximate surface area is 102 Å². The van der Waals surface area contributed by atoms with Crippen molar-refractivity contribution in [3.05, 3.63) is 20.2 Å². The van der Waals surface area contributed by atoms with Crippen molar-refractivity contribution in [2.45, 2.75) is 20.4 Å². The monoisotopic (exact) mass is 258 g/mol. The molecule has 0 fully saturated rings. The number of carboxylic acids is 1. The summed E-state index contributed by atoms with van der Waals surface area (Å²) in [6.45, 7) is 3.09. The molecule has 0 saturated carbocycles. The number of hydrogen-bond donors (Lipinski definition) is 1. The number of amides is 1. The lowest BCUT2D eigenvalue weighted by Gasteiger charge is -2.15. The van der Waals surface area contributed by atoms with Gasteiger partial charge < -0.3 is 10.0 Å². The maximum Gasteiger partial charge on any atom is 0.323 e. The zero-order chi connectivity index (χ0) is 13.2. The van der Waals surface area contributed by atoms with Crippen molar-refractivity contribution in [3.8, 4) is 0 Å².